The standard InChI is InChI=1S/C13H14N6O/c20-12(8-5-13(8)1-2-13)16-7-10-17-11(19-18-10)9-6-14-3-4-15-9/h3-4,6,8H,1-2,5,7H2,(H,16,20)(H,17,18,19)/t8-/m0/s1. The first-order valence-electron chi connectivity index (χ1n) is 6.72. The van der Waals surface area contributed by atoms with E-state index < -0.39 is 0 Å². The Morgan fingerprint density at radius 3 is 3.05 bits per heavy atom. The number of nitrogens with zero attached hydrogens (tertiary/aromatic N) is 4. The lowest BCUT2D eigenvalue weighted by Crippen LogP contribution is -2.25. The normalized spacial score (nSPS) is 21.7. The maximum Gasteiger partial charge on any atom is 0.224 e. The summed E-state index contributed by atoms with van der Waals surface area (Å²) in [5.74, 6) is 1.49. The molecule has 1 amide bonds. The Hall–Kier alpha value is -2.31. The first kappa shape index (κ1) is 11.5. The monoisotopic (exact) mass is 270 g/mol. The molecule has 20 heavy (non-hydrogen) atoms. The van der Waals surface area contributed by atoms with E-state index >= 15 is 0 Å². The predicted molar refractivity (Wildman–Crippen MR) is 69.0 cm³/mol. The van der Waals surface area contributed by atoms with Crippen molar-refractivity contribution in [3.63, 3.8) is 0 Å². The molecular formula is C13H14N6O. The molecule has 102 valence electrons. The van der Waals surface area contributed by atoms with Crippen molar-refractivity contribution in [2.75, 3.05) is 0 Å². The molecule has 2 N–H and O–H groups in total. The van der Waals surface area contributed by atoms with E-state index in [0.29, 0.717) is 29.3 Å². The summed E-state index contributed by atoms with van der Waals surface area (Å²) in [5.41, 5.74) is 0.997. The first-order chi connectivity index (χ1) is 9.77. The van der Waals surface area contributed by atoms with Crippen LogP contribution in [0.3, 0.4) is 0 Å². The zero-order valence-corrected chi connectivity index (χ0v) is 10.8. The largest absolute Gasteiger partial charge is 0.349 e. The lowest BCUT2D eigenvalue weighted by atomic mass is 10.3. The van der Waals surface area contributed by atoms with E-state index in [1.54, 1.807) is 18.6 Å². The van der Waals surface area contributed by atoms with Crippen LogP contribution < -0.4 is 5.32 Å². The van der Waals surface area contributed by atoms with Gasteiger partial charge in [0, 0.05) is 18.3 Å². The minimum atomic E-state index is 0.139. The summed E-state index contributed by atoms with van der Waals surface area (Å²) in [4.78, 5) is 24.3. The molecule has 1 atom stereocenters. The number of carbonyl (C=O) groups is 1. The lowest BCUT2D eigenvalue weighted by molar-refractivity contribution is -0.122. The quantitative estimate of drug-likeness (QED) is 0.851. The number of aromatic nitrogens is 5. The van der Waals surface area contributed by atoms with Gasteiger partial charge in [0.1, 0.15) is 11.5 Å². The van der Waals surface area contributed by atoms with Crippen molar-refractivity contribution in [3.8, 4) is 11.5 Å². The van der Waals surface area contributed by atoms with Gasteiger partial charge in [0.05, 0.1) is 12.7 Å². The number of rotatable bonds is 4. The van der Waals surface area contributed by atoms with Gasteiger partial charge in [0.2, 0.25) is 11.7 Å². The van der Waals surface area contributed by atoms with Gasteiger partial charge in [-0.1, -0.05) is 0 Å². The van der Waals surface area contributed by atoms with Gasteiger partial charge in [-0.25, -0.2) is 9.97 Å². The molecule has 2 aliphatic carbocycles. The van der Waals surface area contributed by atoms with Gasteiger partial charge in [-0.3, -0.25) is 14.9 Å². The Kier molecular flexibility index (Phi) is 2.35. The Morgan fingerprint density at radius 1 is 1.45 bits per heavy atom. The average molecular weight is 270 g/mol. The second-order valence-electron chi connectivity index (χ2n) is 5.53. The second-order valence-corrected chi connectivity index (χ2v) is 5.53. The summed E-state index contributed by atoms with van der Waals surface area (Å²) in [5, 5.41) is 9.80. The molecule has 4 rings (SSSR count). The molecular weight excluding hydrogens is 256 g/mol. The lowest BCUT2D eigenvalue weighted by Gasteiger charge is -2.01. The minimum absolute atomic E-state index is 0.139. The van der Waals surface area contributed by atoms with Gasteiger partial charge in [-0.2, -0.15) is 5.10 Å². The maximum absolute atomic E-state index is 11.9. The highest BCUT2D eigenvalue weighted by molar-refractivity contribution is 5.83. The van der Waals surface area contributed by atoms with Crippen molar-refractivity contribution in [3.05, 3.63) is 24.4 Å². The number of aromatic amines is 1. The smallest absolute Gasteiger partial charge is 0.224 e. The summed E-state index contributed by atoms with van der Waals surface area (Å²) in [6.07, 6.45) is 8.27. The fraction of sp³-hybridized carbons (Fsp3) is 0.462. The zero-order chi connectivity index (χ0) is 13.6. The topological polar surface area (TPSA) is 96.5 Å². The molecule has 0 bridgehead atoms. The summed E-state index contributed by atoms with van der Waals surface area (Å²) < 4.78 is 0. The first-order valence-corrected chi connectivity index (χ1v) is 6.72. The summed E-state index contributed by atoms with van der Waals surface area (Å²) in [7, 11) is 0. The van der Waals surface area contributed by atoms with Crippen molar-refractivity contribution in [2.45, 2.75) is 25.8 Å². The molecule has 1 spiro atoms. The molecule has 2 aromatic rings. The number of amides is 1. The fourth-order valence-corrected chi connectivity index (χ4v) is 2.63. The highest BCUT2D eigenvalue weighted by Crippen LogP contribution is 2.70. The summed E-state index contributed by atoms with van der Waals surface area (Å²) in [6.45, 7) is 0.374. The molecule has 7 heteroatoms. The number of carbonyl (C=O) groups excluding carboxylic acids is 1. The Labute approximate surface area is 115 Å². The SMILES string of the molecule is O=C(NCc1nc(-c2cnccn2)n[nH]1)[C@@H]1CC12CC2. The third-order valence-corrected chi connectivity index (χ3v) is 4.15. The van der Waals surface area contributed by atoms with Crippen LogP contribution in [0.5, 0.6) is 0 Å². The van der Waals surface area contributed by atoms with Crippen molar-refractivity contribution in [1.82, 2.24) is 30.5 Å². The average Bonchev–Trinajstić information content (AvgIpc) is 3.37. The predicted octanol–water partition coefficient (Wildman–Crippen LogP) is 0.678. The third-order valence-electron chi connectivity index (χ3n) is 4.15. The molecule has 2 aliphatic rings. The number of hydrogen-bond acceptors (Lipinski definition) is 5. The van der Waals surface area contributed by atoms with Gasteiger partial charge in [-0.05, 0) is 24.7 Å². The van der Waals surface area contributed by atoms with Crippen molar-refractivity contribution >= 4 is 5.91 Å². The third kappa shape index (κ3) is 1.95. The van der Waals surface area contributed by atoms with Gasteiger partial charge in [0.25, 0.3) is 0 Å². The summed E-state index contributed by atoms with van der Waals surface area (Å²) >= 11 is 0. The number of H-pyrrole nitrogens is 1. The van der Waals surface area contributed by atoms with Gasteiger partial charge in [0.15, 0.2) is 0 Å². The van der Waals surface area contributed by atoms with E-state index in [0.717, 1.165) is 6.42 Å². The Bertz CT molecular complexity index is 648. The molecule has 2 saturated carbocycles. The van der Waals surface area contributed by atoms with E-state index in [9.17, 15) is 4.79 Å². The minimum Gasteiger partial charge on any atom is -0.349 e. The molecule has 0 unspecified atom stereocenters. The maximum atomic E-state index is 11.9. The fourth-order valence-electron chi connectivity index (χ4n) is 2.63. The van der Waals surface area contributed by atoms with E-state index in [1.165, 1.54) is 12.8 Å². The van der Waals surface area contributed by atoms with Crippen LogP contribution in [0.25, 0.3) is 11.5 Å². The molecule has 7 nitrogen and oxygen atoms in total. The van der Waals surface area contributed by atoms with E-state index in [2.05, 4.69) is 30.5 Å². The van der Waals surface area contributed by atoms with Crippen LogP contribution >= 0.6 is 0 Å². The number of hydrogen-bond donors (Lipinski definition) is 2. The van der Waals surface area contributed by atoms with E-state index in [4.69, 9.17) is 0 Å². The van der Waals surface area contributed by atoms with Crippen LogP contribution in [0.1, 0.15) is 25.1 Å². The molecule has 0 radical (unpaired) electrons. The van der Waals surface area contributed by atoms with Crippen LogP contribution in [0, 0.1) is 11.3 Å². The Morgan fingerprint density at radius 2 is 2.35 bits per heavy atom. The zero-order valence-electron chi connectivity index (χ0n) is 10.8. The van der Waals surface area contributed by atoms with Crippen LogP contribution in [-0.2, 0) is 11.3 Å². The van der Waals surface area contributed by atoms with E-state index in [1.807, 2.05) is 0 Å². The van der Waals surface area contributed by atoms with Crippen molar-refractivity contribution in [1.29, 1.82) is 0 Å². The van der Waals surface area contributed by atoms with Gasteiger partial charge in [-0.15, -0.1) is 0 Å². The summed E-state index contributed by atoms with van der Waals surface area (Å²) in [6, 6.07) is 0. The van der Waals surface area contributed by atoms with Gasteiger partial charge < -0.3 is 5.32 Å². The van der Waals surface area contributed by atoms with Crippen LogP contribution in [-0.4, -0.2) is 31.1 Å². The van der Waals surface area contributed by atoms with Crippen LogP contribution in [0.2, 0.25) is 0 Å². The van der Waals surface area contributed by atoms with Crippen LogP contribution in [0.4, 0.5) is 0 Å². The molecule has 0 saturated heterocycles. The highest BCUT2D eigenvalue weighted by Gasteiger charge is 2.65. The van der Waals surface area contributed by atoms with E-state index in [-0.39, 0.29) is 11.8 Å². The highest BCUT2D eigenvalue weighted by atomic mass is 16.2. The number of nitrogens with one attached hydrogen (secondary N) is 2. The Balaban J connectivity index is 1.38. The van der Waals surface area contributed by atoms with Gasteiger partial charge >= 0.3 is 0 Å². The van der Waals surface area contributed by atoms with Crippen LogP contribution in [0.15, 0.2) is 18.6 Å². The second kappa shape index (κ2) is 4.09. The molecule has 2 aromatic heterocycles. The molecule has 0 aromatic carbocycles. The van der Waals surface area contributed by atoms with Crippen molar-refractivity contribution < 1.29 is 4.79 Å². The molecule has 2 heterocycles. The molecule has 0 aliphatic heterocycles. The molecule has 2 fully saturated rings. The van der Waals surface area contributed by atoms with Crippen molar-refractivity contribution in [2.24, 2.45) is 11.3 Å².